The molecule has 2 heterocycles. The summed E-state index contributed by atoms with van der Waals surface area (Å²) in [4.78, 5) is 30.5. The zero-order valence-corrected chi connectivity index (χ0v) is 17.2. The number of nitrogens with one attached hydrogen (secondary N) is 2. The van der Waals surface area contributed by atoms with Crippen LogP contribution in [-0.4, -0.2) is 27.9 Å². The van der Waals surface area contributed by atoms with Gasteiger partial charge in [0.15, 0.2) is 11.6 Å². The SMILES string of the molecule is CC(C)C[C@H](C(=O)N[C@H](C)c1ncc(F)cc1F)N1Cc2c(ccc(F)c2F)NC1=O. The first-order valence-corrected chi connectivity index (χ1v) is 9.74. The molecule has 10 heteroatoms. The van der Waals surface area contributed by atoms with Crippen molar-refractivity contribution in [3.63, 3.8) is 0 Å². The number of nitrogens with zero attached hydrogens (tertiary/aromatic N) is 2. The molecule has 1 aliphatic heterocycles. The van der Waals surface area contributed by atoms with Crippen LogP contribution in [0.25, 0.3) is 0 Å². The second kappa shape index (κ2) is 8.91. The smallest absolute Gasteiger partial charge is 0.322 e. The number of urea groups is 1. The highest BCUT2D eigenvalue weighted by molar-refractivity contribution is 5.96. The van der Waals surface area contributed by atoms with Crippen molar-refractivity contribution in [1.29, 1.82) is 0 Å². The number of aromatic nitrogens is 1. The van der Waals surface area contributed by atoms with Crippen molar-refractivity contribution in [3.05, 3.63) is 58.9 Å². The lowest BCUT2D eigenvalue weighted by atomic mass is 9.99. The van der Waals surface area contributed by atoms with Crippen molar-refractivity contribution in [1.82, 2.24) is 15.2 Å². The Kier molecular flexibility index (Phi) is 6.47. The predicted octanol–water partition coefficient (Wildman–Crippen LogP) is 4.28. The molecule has 0 aliphatic carbocycles. The quantitative estimate of drug-likeness (QED) is 0.662. The van der Waals surface area contributed by atoms with Crippen molar-refractivity contribution in [3.8, 4) is 0 Å². The van der Waals surface area contributed by atoms with E-state index in [0.29, 0.717) is 6.07 Å². The van der Waals surface area contributed by atoms with Gasteiger partial charge in [-0.2, -0.15) is 0 Å². The Labute approximate surface area is 176 Å². The third-order valence-electron chi connectivity index (χ3n) is 5.01. The molecule has 2 aromatic rings. The Morgan fingerprint density at radius 3 is 2.55 bits per heavy atom. The molecule has 0 saturated heterocycles. The summed E-state index contributed by atoms with van der Waals surface area (Å²) in [6.45, 7) is 4.82. The van der Waals surface area contributed by atoms with E-state index in [4.69, 9.17) is 0 Å². The maximum atomic E-state index is 14.3. The summed E-state index contributed by atoms with van der Waals surface area (Å²) >= 11 is 0. The predicted molar refractivity (Wildman–Crippen MR) is 105 cm³/mol. The number of benzene rings is 1. The molecule has 1 aromatic heterocycles. The monoisotopic (exact) mass is 438 g/mol. The van der Waals surface area contributed by atoms with Crippen molar-refractivity contribution >= 4 is 17.6 Å². The van der Waals surface area contributed by atoms with Gasteiger partial charge in [0, 0.05) is 11.6 Å². The van der Waals surface area contributed by atoms with E-state index in [-0.39, 0.29) is 35.8 Å². The number of pyridine rings is 1. The summed E-state index contributed by atoms with van der Waals surface area (Å²) in [6.07, 6.45) is 1.05. The normalized spacial score (nSPS) is 15.4. The van der Waals surface area contributed by atoms with Crippen molar-refractivity contribution in [2.45, 2.75) is 45.8 Å². The van der Waals surface area contributed by atoms with Gasteiger partial charge in [-0.05, 0) is 31.4 Å². The van der Waals surface area contributed by atoms with Crippen LogP contribution in [0.3, 0.4) is 0 Å². The number of amides is 3. The Balaban J connectivity index is 1.86. The molecule has 0 saturated carbocycles. The molecule has 2 atom stereocenters. The molecule has 0 radical (unpaired) electrons. The van der Waals surface area contributed by atoms with Crippen LogP contribution in [0.2, 0.25) is 0 Å². The highest BCUT2D eigenvalue weighted by atomic mass is 19.2. The van der Waals surface area contributed by atoms with Gasteiger partial charge in [0.2, 0.25) is 5.91 Å². The fourth-order valence-electron chi connectivity index (χ4n) is 3.49. The van der Waals surface area contributed by atoms with Crippen molar-refractivity contribution < 1.29 is 27.2 Å². The standard InChI is InChI=1S/C21H22F4N4O2/c1-10(2)6-17(20(30)27-11(3)19-15(24)7-12(22)8-26-19)29-9-13-16(28-21(29)31)5-4-14(23)18(13)25/h4-5,7-8,10-11,17H,6,9H2,1-3H3,(H,27,30)(H,28,31)/t11-,17-/m1/s1. The summed E-state index contributed by atoms with van der Waals surface area (Å²) in [7, 11) is 0. The Bertz CT molecular complexity index is 1020. The van der Waals surface area contributed by atoms with Gasteiger partial charge in [-0.3, -0.25) is 9.78 Å². The number of hydrogen-bond acceptors (Lipinski definition) is 3. The molecule has 0 fully saturated rings. The number of anilines is 1. The third-order valence-corrected chi connectivity index (χ3v) is 5.01. The minimum atomic E-state index is -1.10. The van der Waals surface area contributed by atoms with E-state index in [0.717, 1.165) is 17.2 Å². The fourth-order valence-corrected chi connectivity index (χ4v) is 3.49. The molecular formula is C21H22F4N4O2. The van der Waals surface area contributed by atoms with E-state index in [1.165, 1.54) is 13.0 Å². The number of halogens is 4. The minimum Gasteiger partial charge on any atom is -0.346 e. The summed E-state index contributed by atoms with van der Waals surface area (Å²) in [5, 5.41) is 5.05. The van der Waals surface area contributed by atoms with Crippen LogP contribution in [0, 0.1) is 29.2 Å². The maximum Gasteiger partial charge on any atom is 0.322 e. The first-order chi connectivity index (χ1) is 14.6. The number of fused-ring (bicyclic) bond motifs is 1. The second-order valence-corrected chi connectivity index (χ2v) is 7.84. The first kappa shape index (κ1) is 22.5. The molecular weight excluding hydrogens is 416 g/mol. The molecule has 6 nitrogen and oxygen atoms in total. The number of carbonyl (C=O) groups is 2. The maximum absolute atomic E-state index is 14.3. The molecule has 3 amide bonds. The highest BCUT2D eigenvalue weighted by Gasteiger charge is 2.36. The number of rotatable bonds is 6. The van der Waals surface area contributed by atoms with Gasteiger partial charge in [-0.25, -0.2) is 22.4 Å². The van der Waals surface area contributed by atoms with E-state index < -0.39 is 47.3 Å². The Hall–Kier alpha value is -3.17. The van der Waals surface area contributed by atoms with Gasteiger partial charge in [0.05, 0.1) is 30.2 Å². The lowest BCUT2D eigenvalue weighted by Crippen LogP contribution is -2.53. The molecule has 0 bridgehead atoms. The van der Waals surface area contributed by atoms with Crippen LogP contribution in [0.1, 0.15) is 44.5 Å². The minimum absolute atomic E-state index is 0.0294. The van der Waals surface area contributed by atoms with Crippen LogP contribution < -0.4 is 10.6 Å². The first-order valence-electron chi connectivity index (χ1n) is 9.74. The largest absolute Gasteiger partial charge is 0.346 e. The average Bonchev–Trinajstić information content (AvgIpc) is 2.68. The molecule has 0 spiro atoms. The molecule has 2 N–H and O–H groups in total. The van der Waals surface area contributed by atoms with Crippen LogP contribution >= 0.6 is 0 Å². The zero-order chi connectivity index (χ0) is 22.9. The van der Waals surface area contributed by atoms with Crippen LogP contribution in [0.4, 0.5) is 28.0 Å². The van der Waals surface area contributed by atoms with E-state index in [2.05, 4.69) is 15.6 Å². The third kappa shape index (κ3) is 4.78. The van der Waals surface area contributed by atoms with Crippen molar-refractivity contribution in [2.75, 3.05) is 5.32 Å². The van der Waals surface area contributed by atoms with Gasteiger partial charge in [0.25, 0.3) is 0 Å². The van der Waals surface area contributed by atoms with E-state index in [9.17, 15) is 27.2 Å². The summed E-state index contributed by atoms with van der Waals surface area (Å²) in [6, 6.07) is 0.222. The highest BCUT2D eigenvalue weighted by Crippen LogP contribution is 2.30. The summed E-state index contributed by atoms with van der Waals surface area (Å²) in [5.74, 6) is -4.59. The molecule has 166 valence electrons. The lowest BCUT2D eigenvalue weighted by molar-refractivity contribution is -0.126. The number of hydrogen-bond donors (Lipinski definition) is 2. The van der Waals surface area contributed by atoms with Gasteiger partial charge < -0.3 is 15.5 Å². The Morgan fingerprint density at radius 1 is 1.19 bits per heavy atom. The zero-order valence-electron chi connectivity index (χ0n) is 17.2. The van der Waals surface area contributed by atoms with Crippen LogP contribution in [0.15, 0.2) is 24.4 Å². The fraction of sp³-hybridized carbons (Fsp3) is 0.381. The number of carbonyl (C=O) groups excluding carboxylic acids is 2. The molecule has 3 rings (SSSR count). The van der Waals surface area contributed by atoms with E-state index in [1.54, 1.807) is 0 Å². The van der Waals surface area contributed by atoms with Gasteiger partial charge in [-0.1, -0.05) is 13.8 Å². The van der Waals surface area contributed by atoms with Gasteiger partial charge >= 0.3 is 6.03 Å². The average molecular weight is 438 g/mol. The summed E-state index contributed by atoms with van der Waals surface area (Å²) in [5.41, 5.74) is -0.102. The van der Waals surface area contributed by atoms with Crippen LogP contribution in [0.5, 0.6) is 0 Å². The topological polar surface area (TPSA) is 74.3 Å². The molecule has 0 unspecified atom stereocenters. The summed E-state index contributed by atoms with van der Waals surface area (Å²) < 4.78 is 55.1. The molecule has 31 heavy (non-hydrogen) atoms. The van der Waals surface area contributed by atoms with Crippen molar-refractivity contribution in [2.24, 2.45) is 5.92 Å². The Morgan fingerprint density at radius 2 is 1.90 bits per heavy atom. The second-order valence-electron chi connectivity index (χ2n) is 7.84. The molecule has 1 aliphatic rings. The van der Waals surface area contributed by atoms with Gasteiger partial charge in [0.1, 0.15) is 17.7 Å². The lowest BCUT2D eigenvalue weighted by Gasteiger charge is -2.36. The van der Waals surface area contributed by atoms with Gasteiger partial charge in [-0.15, -0.1) is 0 Å². The molecule has 1 aromatic carbocycles. The van der Waals surface area contributed by atoms with Crippen LogP contribution in [-0.2, 0) is 11.3 Å². The van der Waals surface area contributed by atoms with E-state index >= 15 is 0 Å². The van der Waals surface area contributed by atoms with E-state index in [1.807, 2.05) is 13.8 Å².